The maximum absolute atomic E-state index is 13.4. The molecule has 0 unspecified atom stereocenters. The maximum Gasteiger partial charge on any atom is 0.267 e. The van der Waals surface area contributed by atoms with Crippen molar-refractivity contribution in [3.8, 4) is 0 Å². The number of rotatable bonds is 8. The number of imidazole rings is 1. The van der Waals surface area contributed by atoms with Crippen molar-refractivity contribution in [1.29, 1.82) is 0 Å². The van der Waals surface area contributed by atoms with Crippen molar-refractivity contribution < 1.29 is 17.9 Å². The Morgan fingerprint density at radius 3 is 2.60 bits per heavy atom. The van der Waals surface area contributed by atoms with Crippen LogP contribution in [0.5, 0.6) is 0 Å². The second-order valence-electron chi connectivity index (χ2n) is 10.4. The lowest BCUT2D eigenvalue weighted by Crippen LogP contribution is -2.29. The lowest BCUT2D eigenvalue weighted by molar-refractivity contribution is 0.0610. The van der Waals surface area contributed by atoms with Gasteiger partial charge in [-0.25, -0.2) is 17.4 Å². The van der Waals surface area contributed by atoms with Crippen molar-refractivity contribution in [1.82, 2.24) is 18.8 Å². The molecule has 1 aliphatic rings. The van der Waals surface area contributed by atoms with Gasteiger partial charge in [0, 0.05) is 43.6 Å². The van der Waals surface area contributed by atoms with E-state index in [9.17, 15) is 13.2 Å². The lowest BCUT2D eigenvalue weighted by atomic mass is 9.89. The highest BCUT2D eigenvalue weighted by Gasteiger charge is 2.29. The molecule has 1 saturated heterocycles. The standard InChI is InChI=1S/C26H36N4O4S/c1-6-26(4,5)25-28-22-15-21(7-8-23(22)30(25)16-19-10-13-34-14-11-19)35(32,33)29-12-9-20(17-29)24(31)27-18(2)3/h7-9,12,15,17-19H,6,10-11,13-14,16H2,1-5H3,(H,27,31). The van der Waals surface area contributed by atoms with Crippen LogP contribution in [0.15, 0.2) is 41.6 Å². The van der Waals surface area contributed by atoms with Gasteiger partial charge in [-0.2, -0.15) is 0 Å². The van der Waals surface area contributed by atoms with Crippen molar-refractivity contribution in [3.05, 3.63) is 48.0 Å². The second kappa shape index (κ2) is 9.78. The predicted octanol–water partition coefficient (Wildman–Crippen LogP) is 4.33. The number of nitrogens with zero attached hydrogens (tertiary/aromatic N) is 3. The van der Waals surface area contributed by atoms with E-state index in [1.807, 2.05) is 19.9 Å². The first kappa shape index (κ1) is 25.4. The molecule has 190 valence electrons. The van der Waals surface area contributed by atoms with E-state index in [-0.39, 0.29) is 22.3 Å². The van der Waals surface area contributed by atoms with E-state index < -0.39 is 10.0 Å². The highest BCUT2D eigenvalue weighted by atomic mass is 32.2. The summed E-state index contributed by atoms with van der Waals surface area (Å²) in [6.07, 6.45) is 5.70. The first-order chi connectivity index (χ1) is 16.5. The van der Waals surface area contributed by atoms with Crippen LogP contribution in [0.3, 0.4) is 0 Å². The summed E-state index contributed by atoms with van der Waals surface area (Å²) in [4.78, 5) is 17.4. The van der Waals surface area contributed by atoms with E-state index in [4.69, 9.17) is 9.72 Å². The summed E-state index contributed by atoms with van der Waals surface area (Å²) in [5, 5.41) is 2.78. The van der Waals surface area contributed by atoms with Gasteiger partial charge in [0.05, 0.1) is 21.5 Å². The van der Waals surface area contributed by atoms with E-state index in [0.29, 0.717) is 17.0 Å². The largest absolute Gasteiger partial charge is 0.381 e. The molecular formula is C26H36N4O4S. The van der Waals surface area contributed by atoms with Crippen LogP contribution in [-0.2, 0) is 26.7 Å². The Labute approximate surface area is 207 Å². The number of fused-ring (bicyclic) bond motifs is 1. The number of carbonyl (C=O) groups excluding carboxylic acids is 1. The SMILES string of the molecule is CCC(C)(C)c1nc2cc(S(=O)(=O)n3ccc(C(=O)NC(C)C)c3)ccc2n1CC1CCOCC1. The molecule has 0 aliphatic carbocycles. The van der Waals surface area contributed by atoms with Gasteiger partial charge in [0.25, 0.3) is 15.9 Å². The minimum Gasteiger partial charge on any atom is -0.381 e. The summed E-state index contributed by atoms with van der Waals surface area (Å²) in [5.74, 6) is 1.18. The monoisotopic (exact) mass is 500 g/mol. The molecule has 0 atom stereocenters. The Morgan fingerprint density at radius 1 is 1.23 bits per heavy atom. The molecule has 1 aromatic carbocycles. The number of hydrogen-bond acceptors (Lipinski definition) is 5. The quantitative estimate of drug-likeness (QED) is 0.497. The average molecular weight is 501 g/mol. The van der Waals surface area contributed by atoms with Gasteiger partial charge in [0.2, 0.25) is 0 Å². The van der Waals surface area contributed by atoms with Gasteiger partial charge in [0.15, 0.2) is 0 Å². The van der Waals surface area contributed by atoms with Gasteiger partial charge in [-0.1, -0.05) is 20.8 Å². The van der Waals surface area contributed by atoms with Gasteiger partial charge in [-0.3, -0.25) is 4.79 Å². The van der Waals surface area contributed by atoms with Crippen LogP contribution in [0.25, 0.3) is 11.0 Å². The van der Waals surface area contributed by atoms with E-state index in [2.05, 4.69) is 30.7 Å². The smallest absolute Gasteiger partial charge is 0.267 e. The molecule has 1 fully saturated rings. The van der Waals surface area contributed by atoms with Crippen LogP contribution in [0.1, 0.15) is 70.1 Å². The number of nitrogens with one attached hydrogen (secondary N) is 1. The first-order valence-corrected chi connectivity index (χ1v) is 13.8. The summed E-state index contributed by atoms with van der Waals surface area (Å²) in [7, 11) is -3.87. The number of hydrogen-bond donors (Lipinski definition) is 1. The average Bonchev–Trinajstić information content (AvgIpc) is 3.46. The Kier molecular flexibility index (Phi) is 7.11. The van der Waals surface area contributed by atoms with Gasteiger partial charge in [-0.05, 0) is 63.3 Å². The Morgan fingerprint density at radius 2 is 1.94 bits per heavy atom. The Hall–Kier alpha value is -2.65. The zero-order valence-corrected chi connectivity index (χ0v) is 22.1. The lowest BCUT2D eigenvalue weighted by Gasteiger charge is -2.28. The first-order valence-electron chi connectivity index (χ1n) is 12.4. The fourth-order valence-electron chi connectivity index (χ4n) is 4.44. The molecule has 1 amide bonds. The van der Waals surface area contributed by atoms with E-state index in [1.54, 1.807) is 12.1 Å². The second-order valence-corrected chi connectivity index (χ2v) is 12.2. The molecule has 0 bridgehead atoms. The van der Waals surface area contributed by atoms with E-state index in [0.717, 1.165) is 54.3 Å². The summed E-state index contributed by atoms with van der Waals surface area (Å²) in [5.41, 5.74) is 1.76. The normalized spacial score (nSPS) is 15.7. The van der Waals surface area contributed by atoms with Crippen LogP contribution >= 0.6 is 0 Å². The van der Waals surface area contributed by atoms with Gasteiger partial charge in [-0.15, -0.1) is 0 Å². The van der Waals surface area contributed by atoms with Crippen molar-refractivity contribution in [2.75, 3.05) is 13.2 Å². The van der Waals surface area contributed by atoms with Crippen molar-refractivity contribution in [2.24, 2.45) is 5.92 Å². The highest BCUT2D eigenvalue weighted by molar-refractivity contribution is 7.90. The maximum atomic E-state index is 13.4. The fraction of sp³-hybridized carbons (Fsp3) is 0.538. The Bertz CT molecular complexity index is 1310. The molecule has 8 nitrogen and oxygen atoms in total. The summed E-state index contributed by atoms with van der Waals surface area (Å²) < 4.78 is 35.7. The highest BCUT2D eigenvalue weighted by Crippen LogP contribution is 2.32. The van der Waals surface area contributed by atoms with Gasteiger partial charge in [0.1, 0.15) is 5.82 Å². The molecule has 0 saturated carbocycles. The number of amides is 1. The van der Waals surface area contributed by atoms with Gasteiger partial charge >= 0.3 is 0 Å². The molecule has 1 aliphatic heterocycles. The molecule has 0 spiro atoms. The van der Waals surface area contributed by atoms with E-state index in [1.165, 1.54) is 18.5 Å². The van der Waals surface area contributed by atoms with Crippen molar-refractivity contribution >= 4 is 27.0 Å². The molecule has 2 aromatic heterocycles. The van der Waals surface area contributed by atoms with Crippen molar-refractivity contribution in [2.45, 2.75) is 76.8 Å². The van der Waals surface area contributed by atoms with Crippen LogP contribution in [0.2, 0.25) is 0 Å². The fourth-order valence-corrected chi connectivity index (χ4v) is 5.66. The molecular weight excluding hydrogens is 464 g/mol. The molecule has 9 heteroatoms. The summed E-state index contributed by atoms with van der Waals surface area (Å²) in [6.45, 7) is 12.6. The minimum absolute atomic E-state index is 0.0392. The van der Waals surface area contributed by atoms with Crippen molar-refractivity contribution in [3.63, 3.8) is 0 Å². The zero-order valence-electron chi connectivity index (χ0n) is 21.2. The molecule has 3 heterocycles. The molecule has 1 N–H and O–H groups in total. The third-order valence-electron chi connectivity index (χ3n) is 6.92. The number of carbonyl (C=O) groups is 1. The number of aromatic nitrogens is 3. The number of benzene rings is 1. The molecule has 4 rings (SSSR count). The third-order valence-corrected chi connectivity index (χ3v) is 8.55. The summed E-state index contributed by atoms with van der Waals surface area (Å²) in [6, 6.07) is 6.62. The summed E-state index contributed by atoms with van der Waals surface area (Å²) >= 11 is 0. The van der Waals surface area contributed by atoms with Crippen LogP contribution in [0.4, 0.5) is 0 Å². The van der Waals surface area contributed by atoms with Gasteiger partial charge < -0.3 is 14.6 Å². The molecule has 3 aromatic rings. The number of ether oxygens (including phenoxy) is 1. The molecule has 35 heavy (non-hydrogen) atoms. The van der Waals surface area contributed by atoms with Crippen LogP contribution in [-0.4, -0.2) is 47.1 Å². The minimum atomic E-state index is -3.87. The predicted molar refractivity (Wildman–Crippen MR) is 136 cm³/mol. The molecule has 0 radical (unpaired) electrons. The topological polar surface area (TPSA) is 95.2 Å². The van der Waals surface area contributed by atoms with Crippen LogP contribution in [0, 0.1) is 5.92 Å². The Balaban J connectivity index is 1.72. The van der Waals surface area contributed by atoms with Crippen LogP contribution < -0.4 is 5.32 Å². The third kappa shape index (κ3) is 5.16. The zero-order chi connectivity index (χ0) is 25.4. The van der Waals surface area contributed by atoms with E-state index >= 15 is 0 Å².